The molecule has 1 saturated heterocycles. The summed E-state index contributed by atoms with van der Waals surface area (Å²) in [6, 6.07) is 15.2. The molecule has 0 amide bonds. The van der Waals surface area contributed by atoms with Crippen LogP contribution in [0.4, 0.5) is 0 Å². The summed E-state index contributed by atoms with van der Waals surface area (Å²) in [7, 11) is 6.12. The van der Waals surface area contributed by atoms with Crippen molar-refractivity contribution in [2.75, 3.05) is 41.6 Å². The Morgan fingerprint density at radius 1 is 0.951 bits per heavy atom. The van der Waals surface area contributed by atoms with E-state index in [4.69, 9.17) is 28.4 Å². The van der Waals surface area contributed by atoms with Crippen LogP contribution >= 0.6 is 0 Å². The first-order valence-corrected chi connectivity index (χ1v) is 13.5. The van der Waals surface area contributed by atoms with Crippen LogP contribution in [0, 0.1) is 6.92 Å². The van der Waals surface area contributed by atoms with E-state index in [1.165, 1.54) is 14.2 Å². The molecule has 5 rings (SSSR count). The summed E-state index contributed by atoms with van der Waals surface area (Å²) < 4.78 is 34.0. The van der Waals surface area contributed by atoms with Gasteiger partial charge in [-0.05, 0) is 55.2 Å². The van der Waals surface area contributed by atoms with Gasteiger partial charge >= 0.3 is 11.9 Å². The van der Waals surface area contributed by atoms with E-state index in [2.05, 4.69) is 4.90 Å². The molecule has 9 heteroatoms. The molecular weight excluding hydrogens is 526 g/mol. The highest BCUT2D eigenvalue weighted by molar-refractivity contribution is 5.96. The highest BCUT2D eigenvalue weighted by Crippen LogP contribution is 2.52. The van der Waals surface area contributed by atoms with E-state index >= 15 is 0 Å². The summed E-state index contributed by atoms with van der Waals surface area (Å²) in [4.78, 5) is 29.7. The first-order chi connectivity index (χ1) is 19.8. The lowest BCUT2D eigenvalue weighted by Crippen LogP contribution is -2.52. The second kappa shape index (κ2) is 11.3. The second-order valence-corrected chi connectivity index (χ2v) is 10.1. The Bertz CT molecular complexity index is 1470. The standard InChI is InChI=1S/C32H35NO8/c1-7-40-30(34)27-22(12-13-24(36-3)28(27)39-6)18-32-23-17-26(38-5)25(37-4)16-21(23)14-15-33(32)29(41-31(32)35)20-10-8-19(2)9-11-20/h8-13,16-17,29H,7,14-15,18H2,1-6H3. The molecule has 2 aliphatic rings. The van der Waals surface area contributed by atoms with Gasteiger partial charge in [0.25, 0.3) is 0 Å². The SMILES string of the molecule is CCOC(=O)c1c(CC23C(=O)OC(c4ccc(C)cc4)N2CCc2cc(OC)c(OC)cc23)ccc(OC)c1OC. The minimum atomic E-state index is -1.27. The van der Waals surface area contributed by atoms with Gasteiger partial charge in [-0.1, -0.05) is 35.9 Å². The molecule has 1 fully saturated rings. The van der Waals surface area contributed by atoms with Gasteiger partial charge in [0.05, 0.1) is 35.0 Å². The van der Waals surface area contributed by atoms with E-state index in [9.17, 15) is 9.59 Å². The van der Waals surface area contributed by atoms with E-state index in [1.54, 1.807) is 33.3 Å². The third kappa shape index (κ3) is 4.64. The number of ether oxygens (including phenoxy) is 6. The Labute approximate surface area is 239 Å². The lowest BCUT2D eigenvalue weighted by Gasteiger charge is -2.42. The molecule has 9 nitrogen and oxygen atoms in total. The molecule has 2 atom stereocenters. The van der Waals surface area contributed by atoms with Crippen molar-refractivity contribution in [2.24, 2.45) is 0 Å². The Morgan fingerprint density at radius 3 is 2.27 bits per heavy atom. The van der Waals surface area contributed by atoms with Gasteiger partial charge in [0.1, 0.15) is 5.56 Å². The van der Waals surface area contributed by atoms with Crippen LogP contribution in [0.2, 0.25) is 0 Å². The molecule has 216 valence electrons. The molecule has 0 aliphatic carbocycles. The first kappa shape index (κ1) is 28.3. The van der Waals surface area contributed by atoms with Crippen molar-refractivity contribution >= 4 is 11.9 Å². The van der Waals surface area contributed by atoms with Crippen LogP contribution in [-0.2, 0) is 32.6 Å². The van der Waals surface area contributed by atoms with Gasteiger partial charge in [0, 0.05) is 18.5 Å². The number of aryl methyl sites for hydroxylation is 1. The summed E-state index contributed by atoms with van der Waals surface area (Å²) in [5.74, 6) is 0.727. The van der Waals surface area contributed by atoms with Crippen LogP contribution in [0.25, 0.3) is 0 Å². The van der Waals surface area contributed by atoms with E-state index < -0.39 is 23.7 Å². The van der Waals surface area contributed by atoms with Crippen LogP contribution in [-0.4, -0.2) is 58.4 Å². The molecule has 0 bridgehead atoms. The first-order valence-electron chi connectivity index (χ1n) is 13.5. The average molecular weight is 562 g/mol. The molecule has 2 aliphatic heterocycles. The van der Waals surface area contributed by atoms with E-state index in [0.717, 1.165) is 22.3 Å². The van der Waals surface area contributed by atoms with Gasteiger partial charge in [0.15, 0.2) is 34.8 Å². The lowest BCUT2D eigenvalue weighted by atomic mass is 9.75. The topological polar surface area (TPSA) is 92.8 Å². The summed E-state index contributed by atoms with van der Waals surface area (Å²) in [5, 5.41) is 0. The largest absolute Gasteiger partial charge is 0.493 e. The van der Waals surface area contributed by atoms with E-state index in [1.807, 2.05) is 43.3 Å². The van der Waals surface area contributed by atoms with Crippen LogP contribution in [0.3, 0.4) is 0 Å². The third-order valence-corrected chi connectivity index (χ3v) is 7.93. The van der Waals surface area contributed by atoms with Crippen molar-refractivity contribution in [2.45, 2.75) is 38.5 Å². The van der Waals surface area contributed by atoms with Crippen LogP contribution in [0.15, 0.2) is 48.5 Å². The minimum absolute atomic E-state index is 0.116. The average Bonchev–Trinajstić information content (AvgIpc) is 3.28. The molecule has 0 aromatic heterocycles. The number of cyclic esters (lactones) is 1. The maximum absolute atomic E-state index is 14.3. The van der Waals surface area contributed by atoms with Crippen molar-refractivity contribution in [1.82, 2.24) is 4.90 Å². The highest BCUT2D eigenvalue weighted by atomic mass is 16.6. The van der Waals surface area contributed by atoms with E-state index in [-0.39, 0.29) is 24.3 Å². The fourth-order valence-electron chi connectivity index (χ4n) is 5.97. The number of nitrogens with zero attached hydrogens (tertiary/aromatic N) is 1. The van der Waals surface area contributed by atoms with Crippen molar-refractivity contribution in [1.29, 1.82) is 0 Å². The molecule has 0 radical (unpaired) electrons. The number of benzene rings is 3. The van der Waals surface area contributed by atoms with E-state index in [0.29, 0.717) is 35.8 Å². The highest BCUT2D eigenvalue weighted by Gasteiger charge is 2.59. The van der Waals surface area contributed by atoms with Crippen molar-refractivity contribution in [3.63, 3.8) is 0 Å². The predicted molar refractivity (Wildman–Crippen MR) is 151 cm³/mol. The van der Waals surface area contributed by atoms with Gasteiger partial charge < -0.3 is 28.4 Å². The Kier molecular flexibility index (Phi) is 7.82. The number of esters is 2. The molecule has 2 unspecified atom stereocenters. The zero-order chi connectivity index (χ0) is 29.3. The molecule has 0 saturated carbocycles. The van der Waals surface area contributed by atoms with Gasteiger partial charge in [0.2, 0.25) is 0 Å². The molecule has 0 N–H and O–H groups in total. The quantitative estimate of drug-likeness (QED) is 0.343. The van der Waals surface area contributed by atoms with Gasteiger partial charge in [-0.2, -0.15) is 0 Å². The molecule has 41 heavy (non-hydrogen) atoms. The number of carbonyl (C=O) groups excluding carboxylic acids is 2. The van der Waals surface area contributed by atoms with Crippen molar-refractivity contribution in [3.8, 4) is 23.0 Å². The summed E-state index contributed by atoms with van der Waals surface area (Å²) in [5.41, 5.74) is 3.16. The fraction of sp³-hybridized carbons (Fsp3) is 0.375. The smallest absolute Gasteiger partial charge is 0.342 e. The lowest BCUT2D eigenvalue weighted by molar-refractivity contribution is -0.146. The minimum Gasteiger partial charge on any atom is -0.493 e. The molecular formula is C32H35NO8. The number of methoxy groups -OCH3 is 4. The fourth-order valence-corrected chi connectivity index (χ4v) is 5.97. The van der Waals surface area contributed by atoms with Crippen molar-refractivity contribution in [3.05, 3.63) is 81.9 Å². The van der Waals surface area contributed by atoms with Crippen LogP contribution < -0.4 is 18.9 Å². The Balaban J connectivity index is 1.75. The maximum atomic E-state index is 14.3. The number of rotatable bonds is 9. The van der Waals surface area contributed by atoms with Gasteiger partial charge in [-0.25, -0.2) is 14.5 Å². The number of fused-ring (bicyclic) bond motifs is 3. The zero-order valence-electron chi connectivity index (χ0n) is 24.2. The summed E-state index contributed by atoms with van der Waals surface area (Å²) in [6.07, 6.45) is 0.161. The Hall–Kier alpha value is -4.24. The monoisotopic (exact) mass is 561 g/mol. The summed E-state index contributed by atoms with van der Waals surface area (Å²) >= 11 is 0. The maximum Gasteiger partial charge on any atom is 0.342 e. The molecule has 3 aromatic carbocycles. The third-order valence-electron chi connectivity index (χ3n) is 7.93. The molecule has 2 heterocycles. The normalized spacial score (nSPS) is 19.6. The number of hydrogen-bond acceptors (Lipinski definition) is 9. The zero-order valence-corrected chi connectivity index (χ0v) is 24.2. The van der Waals surface area contributed by atoms with Crippen LogP contribution in [0.1, 0.15) is 51.3 Å². The second-order valence-electron chi connectivity index (χ2n) is 10.1. The van der Waals surface area contributed by atoms with Crippen molar-refractivity contribution < 1.29 is 38.0 Å². The molecule has 0 spiro atoms. The molecule has 3 aromatic rings. The number of hydrogen-bond donors (Lipinski definition) is 0. The predicted octanol–water partition coefficient (Wildman–Crippen LogP) is 4.76. The number of carbonyl (C=O) groups is 2. The van der Waals surface area contributed by atoms with Gasteiger partial charge in [-0.3, -0.25) is 0 Å². The van der Waals surface area contributed by atoms with Crippen LogP contribution in [0.5, 0.6) is 23.0 Å². The Morgan fingerprint density at radius 2 is 1.63 bits per heavy atom. The van der Waals surface area contributed by atoms with Gasteiger partial charge in [-0.15, -0.1) is 0 Å². The summed E-state index contributed by atoms with van der Waals surface area (Å²) in [6.45, 7) is 4.46.